The molecule has 0 saturated carbocycles. The predicted molar refractivity (Wildman–Crippen MR) is 109 cm³/mol. The number of fused-ring (bicyclic) bond motifs is 1. The highest BCUT2D eigenvalue weighted by atomic mass is 35.5. The Morgan fingerprint density at radius 3 is 2.69 bits per heavy atom. The van der Waals surface area contributed by atoms with Gasteiger partial charge < -0.3 is 10.1 Å². The highest BCUT2D eigenvalue weighted by Crippen LogP contribution is 2.09. The van der Waals surface area contributed by atoms with Crippen molar-refractivity contribution in [3.05, 3.63) is 80.9 Å². The molecule has 1 aromatic carbocycles. The highest BCUT2D eigenvalue weighted by Gasteiger charge is 2.08. The molecule has 2 aromatic heterocycles. The van der Waals surface area contributed by atoms with Gasteiger partial charge in [0.15, 0.2) is 0 Å². The van der Waals surface area contributed by atoms with Crippen LogP contribution in [-0.4, -0.2) is 27.8 Å². The van der Waals surface area contributed by atoms with Crippen LogP contribution in [0.15, 0.2) is 53.5 Å². The van der Waals surface area contributed by atoms with Gasteiger partial charge in [-0.25, -0.2) is 4.98 Å². The van der Waals surface area contributed by atoms with E-state index in [1.807, 2.05) is 13.0 Å². The molecule has 0 bridgehead atoms. The van der Waals surface area contributed by atoms with Gasteiger partial charge in [-0.2, -0.15) is 0 Å². The Hall–Kier alpha value is -3.19. The average Bonchev–Trinajstić information content (AvgIpc) is 2.70. The fraction of sp³-hybridized carbons (Fsp3) is 0.238. The molecule has 0 saturated heterocycles. The molecule has 0 aliphatic heterocycles. The third kappa shape index (κ3) is 5.65. The number of hydrogen-bond acceptors (Lipinski definition) is 5. The zero-order chi connectivity index (χ0) is 20.8. The lowest BCUT2D eigenvalue weighted by Crippen LogP contribution is -2.25. The molecule has 3 aromatic rings. The smallest absolute Gasteiger partial charge is 0.306 e. The standard InChI is InChI=1S/C21H20ClN3O4/c1-14-4-9-18-24-17(11-19(26)25(18)12-14)13-29-20(27)3-2-10-23-21(28)15-5-7-16(22)8-6-15/h4-9,11-12H,2-3,10,13H2,1H3,(H,23,28). The van der Waals surface area contributed by atoms with Crippen molar-refractivity contribution in [1.29, 1.82) is 0 Å². The lowest BCUT2D eigenvalue weighted by atomic mass is 10.2. The van der Waals surface area contributed by atoms with Crippen LogP contribution in [0.25, 0.3) is 5.65 Å². The molecule has 0 unspecified atom stereocenters. The normalized spacial score (nSPS) is 10.7. The van der Waals surface area contributed by atoms with Crippen molar-refractivity contribution in [2.45, 2.75) is 26.4 Å². The molecule has 1 N–H and O–H groups in total. The maximum absolute atomic E-state index is 12.1. The van der Waals surface area contributed by atoms with Crippen molar-refractivity contribution in [1.82, 2.24) is 14.7 Å². The number of aromatic nitrogens is 2. The summed E-state index contributed by atoms with van der Waals surface area (Å²) in [5.41, 5.74) is 2.11. The van der Waals surface area contributed by atoms with Crippen LogP contribution in [-0.2, 0) is 16.1 Å². The number of pyridine rings is 1. The van der Waals surface area contributed by atoms with E-state index in [2.05, 4.69) is 10.3 Å². The lowest BCUT2D eigenvalue weighted by Gasteiger charge is -2.07. The number of hydrogen-bond donors (Lipinski definition) is 1. The van der Waals surface area contributed by atoms with Crippen LogP contribution < -0.4 is 10.9 Å². The largest absolute Gasteiger partial charge is 0.459 e. The monoisotopic (exact) mass is 413 g/mol. The minimum absolute atomic E-state index is 0.0738. The van der Waals surface area contributed by atoms with Crippen LogP contribution in [0.3, 0.4) is 0 Å². The summed E-state index contributed by atoms with van der Waals surface area (Å²) in [5, 5.41) is 3.29. The average molecular weight is 414 g/mol. The minimum Gasteiger partial charge on any atom is -0.459 e. The molecule has 0 spiro atoms. The Labute approximate surface area is 172 Å². The molecule has 0 fully saturated rings. The van der Waals surface area contributed by atoms with Gasteiger partial charge in [0.2, 0.25) is 0 Å². The van der Waals surface area contributed by atoms with Gasteiger partial charge in [0.1, 0.15) is 12.3 Å². The van der Waals surface area contributed by atoms with Gasteiger partial charge in [-0.05, 0) is 49.2 Å². The fourth-order valence-electron chi connectivity index (χ4n) is 2.70. The predicted octanol–water partition coefficient (Wildman–Crippen LogP) is 2.91. The van der Waals surface area contributed by atoms with Crippen molar-refractivity contribution in [3.8, 4) is 0 Å². The van der Waals surface area contributed by atoms with E-state index in [-0.39, 0.29) is 24.5 Å². The van der Waals surface area contributed by atoms with E-state index in [1.54, 1.807) is 36.5 Å². The van der Waals surface area contributed by atoms with Gasteiger partial charge in [0, 0.05) is 35.8 Å². The number of esters is 1. The molecule has 29 heavy (non-hydrogen) atoms. The molecular weight excluding hydrogens is 394 g/mol. The van der Waals surface area contributed by atoms with Crippen LogP contribution in [0.2, 0.25) is 5.02 Å². The number of aryl methyl sites for hydroxylation is 1. The van der Waals surface area contributed by atoms with E-state index in [9.17, 15) is 14.4 Å². The van der Waals surface area contributed by atoms with Crippen LogP contribution in [0.1, 0.15) is 34.5 Å². The Bertz CT molecular complexity index is 1090. The van der Waals surface area contributed by atoms with Gasteiger partial charge in [-0.1, -0.05) is 17.7 Å². The van der Waals surface area contributed by atoms with Crippen molar-refractivity contribution in [2.24, 2.45) is 0 Å². The summed E-state index contributed by atoms with van der Waals surface area (Å²) in [6.45, 7) is 2.15. The summed E-state index contributed by atoms with van der Waals surface area (Å²) in [6.07, 6.45) is 2.29. The van der Waals surface area contributed by atoms with E-state index < -0.39 is 5.97 Å². The summed E-state index contributed by atoms with van der Waals surface area (Å²) in [4.78, 5) is 40.3. The molecule has 1 amide bonds. The lowest BCUT2D eigenvalue weighted by molar-refractivity contribution is -0.145. The van der Waals surface area contributed by atoms with Gasteiger partial charge in [-0.15, -0.1) is 0 Å². The SMILES string of the molecule is Cc1ccc2nc(COC(=O)CCCNC(=O)c3ccc(Cl)cc3)cc(=O)n2c1. The van der Waals surface area contributed by atoms with E-state index in [0.29, 0.717) is 34.9 Å². The molecule has 3 rings (SSSR count). The van der Waals surface area contributed by atoms with Gasteiger partial charge in [0.05, 0.1) is 5.69 Å². The van der Waals surface area contributed by atoms with Crippen molar-refractivity contribution in [2.75, 3.05) is 6.54 Å². The van der Waals surface area contributed by atoms with Crippen molar-refractivity contribution in [3.63, 3.8) is 0 Å². The molecular formula is C21H20ClN3O4. The molecule has 2 heterocycles. The first-order valence-electron chi connectivity index (χ1n) is 9.11. The number of nitrogens with one attached hydrogen (secondary N) is 1. The molecule has 0 aliphatic carbocycles. The van der Waals surface area contributed by atoms with Gasteiger partial charge in [-0.3, -0.25) is 18.8 Å². The molecule has 0 atom stereocenters. The zero-order valence-corrected chi connectivity index (χ0v) is 16.6. The second-order valence-corrected chi connectivity index (χ2v) is 6.98. The second-order valence-electron chi connectivity index (χ2n) is 6.55. The minimum atomic E-state index is -0.420. The number of rotatable bonds is 7. The Kier molecular flexibility index (Phi) is 6.61. The number of carbonyl (C=O) groups excluding carboxylic acids is 2. The first kappa shape index (κ1) is 20.5. The summed E-state index contributed by atoms with van der Waals surface area (Å²) in [7, 11) is 0. The summed E-state index contributed by atoms with van der Waals surface area (Å²) in [5.74, 6) is -0.650. The molecule has 150 valence electrons. The Morgan fingerprint density at radius 2 is 1.93 bits per heavy atom. The Morgan fingerprint density at radius 1 is 1.17 bits per heavy atom. The van der Waals surface area contributed by atoms with E-state index in [4.69, 9.17) is 16.3 Å². The Balaban J connectivity index is 1.44. The van der Waals surface area contributed by atoms with Gasteiger partial charge in [0.25, 0.3) is 11.5 Å². The first-order chi connectivity index (χ1) is 13.9. The number of amides is 1. The summed E-state index contributed by atoms with van der Waals surface area (Å²) < 4.78 is 6.63. The first-order valence-corrected chi connectivity index (χ1v) is 9.48. The number of carbonyl (C=O) groups is 2. The maximum atomic E-state index is 12.1. The van der Waals surface area contributed by atoms with Crippen molar-refractivity contribution < 1.29 is 14.3 Å². The number of nitrogens with zero attached hydrogens (tertiary/aromatic N) is 2. The summed E-state index contributed by atoms with van der Waals surface area (Å²) >= 11 is 5.79. The zero-order valence-electron chi connectivity index (χ0n) is 15.9. The van der Waals surface area contributed by atoms with Crippen LogP contribution in [0.4, 0.5) is 0 Å². The fourth-order valence-corrected chi connectivity index (χ4v) is 2.82. The van der Waals surface area contributed by atoms with E-state index in [0.717, 1.165) is 5.56 Å². The van der Waals surface area contributed by atoms with Crippen LogP contribution in [0, 0.1) is 6.92 Å². The summed E-state index contributed by atoms with van der Waals surface area (Å²) in [6, 6.07) is 11.5. The van der Waals surface area contributed by atoms with Gasteiger partial charge >= 0.3 is 5.97 Å². The van der Waals surface area contributed by atoms with E-state index in [1.165, 1.54) is 10.5 Å². The quantitative estimate of drug-likeness (QED) is 0.475. The maximum Gasteiger partial charge on any atom is 0.306 e. The second kappa shape index (κ2) is 9.34. The highest BCUT2D eigenvalue weighted by molar-refractivity contribution is 6.30. The third-order valence-electron chi connectivity index (χ3n) is 4.19. The number of benzene rings is 1. The molecule has 0 radical (unpaired) electrons. The third-order valence-corrected chi connectivity index (χ3v) is 4.44. The van der Waals surface area contributed by atoms with Crippen LogP contribution >= 0.6 is 11.6 Å². The molecule has 0 aliphatic rings. The topological polar surface area (TPSA) is 89.8 Å². The molecule has 7 nitrogen and oxygen atoms in total. The number of halogens is 1. The molecule has 8 heteroatoms. The van der Waals surface area contributed by atoms with Crippen molar-refractivity contribution >= 4 is 29.1 Å². The van der Waals surface area contributed by atoms with Crippen LogP contribution in [0.5, 0.6) is 0 Å². The number of ether oxygens (including phenoxy) is 1. The van der Waals surface area contributed by atoms with E-state index >= 15 is 0 Å².